The minimum atomic E-state index is -0.239. The number of nitriles is 2. The van der Waals surface area contributed by atoms with Gasteiger partial charge in [-0.15, -0.1) is 0 Å². The number of anilines is 1. The van der Waals surface area contributed by atoms with E-state index in [4.69, 9.17) is 10.5 Å². The molecule has 1 rings (SSSR count). The number of allylic oxidation sites excluding steroid dienone is 1. The van der Waals surface area contributed by atoms with Gasteiger partial charge < -0.3 is 10.6 Å². The summed E-state index contributed by atoms with van der Waals surface area (Å²) in [6.45, 7) is 0. The molecule has 1 aromatic carbocycles. The Hall–Kier alpha value is -2.79. The van der Waals surface area contributed by atoms with Crippen molar-refractivity contribution in [3.63, 3.8) is 0 Å². The first kappa shape index (κ1) is 12.3. The molecule has 0 saturated heterocycles. The summed E-state index contributed by atoms with van der Waals surface area (Å²) in [5.74, 6) is -0.239. The van der Waals surface area contributed by atoms with E-state index >= 15 is 0 Å². The molecule has 0 atom stereocenters. The lowest BCUT2D eigenvalue weighted by Crippen LogP contribution is -2.18. The Bertz CT molecular complexity index is 518. The van der Waals surface area contributed by atoms with Gasteiger partial charge in [-0.3, -0.25) is 4.79 Å². The molecule has 5 nitrogen and oxygen atoms in total. The smallest absolute Gasteiger partial charge is 0.253 e. The Labute approximate surface area is 99.0 Å². The molecule has 0 aromatic heterocycles. The monoisotopic (exact) mass is 226 g/mol. The summed E-state index contributed by atoms with van der Waals surface area (Å²) < 4.78 is 0. The van der Waals surface area contributed by atoms with Gasteiger partial charge in [0.15, 0.2) is 0 Å². The number of carbonyl (C=O) groups excluding carboxylic acids is 1. The first-order valence-electron chi connectivity index (χ1n) is 4.81. The minimum Gasteiger partial charge on any atom is -0.359 e. The Morgan fingerprint density at radius 3 is 2.53 bits per heavy atom. The predicted molar refractivity (Wildman–Crippen MR) is 62.8 cm³/mol. The van der Waals surface area contributed by atoms with Gasteiger partial charge in [0, 0.05) is 13.2 Å². The van der Waals surface area contributed by atoms with Gasteiger partial charge in [0.05, 0.1) is 11.3 Å². The topological polar surface area (TPSA) is 88.7 Å². The van der Waals surface area contributed by atoms with E-state index in [0.717, 1.165) is 0 Å². The second-order valence-electron chi connectivity index (χ2n) is 3.05. The zero-order valence-electron chi connectivity index (χ0n) is 9.19. The maximum atomic E-state index is 11.5. The van der Waals surface area contributed by atoms with E-state index in [2.05, 4.69) is 10.6 Å². The van der Waals surface area contributed by atoms with Crippen LogP contribution in [0, 0.1) is 22.7 Å². The van der Waals surface area contributed by atoms with Crippen LogP contribution < -0.4 is 10.6 Å². The molecule has 0 fully saturated rings. The molecule has 0 aliphatic rings. The molecule has 0 saturated carbocycles. The van der Waals surface area contributed by atoms with E-state index in [1.165, 1.54) is 13.2 Å². The number of hydrogen-bond donors (Lipinski definition) is 2. The molecule has 2 N–H and O–H groups in total. The third-order valence-electron chi connectivity index (χ3n) is 2.01. The van der Waals surface area contributed by atoms with Crippen molar-refractivity contribution in [1.82, 2.24) is 5.32 Å². The van der Waals surface area contributed by atoms with Gasteiger partial charge in [-0.05, 0) is 12.1 Å². The summed E-state index contributed by atoms with van der Waals surface area (Å²) in [5.41, 5.74) is 0.924. The van der Waals surface area contributed by atoms with Crippen molar-refractivity contribution in [2.45, 2.75) is 0 Å². The van der Waals surface area contributed by atoms with Crippen LogP contribution in [0.3, 0.4) is 0 Å². The van der Waals surface area contributed by atoms with Crippen LogP contribution in [-0.4, -0.2) is 13.0 Å². The SMILES string of the molecule is CNC(=O)c1ccccc1NC=C(C#N)C#N. The Morgan fingerprint density at radius 2 is 1.94 bits per heavy atom. The maximum absolute atomic E-state index is 11.5. The molecule has 5 heteroatoms. The highest BCUT2D eigenvalue weighted by atomic mass is 16.1. The third-order valence-corrected chi connectivity index (χ3v) is 2.01. The lowest BCUT2D eigenvalue weighted by Gasteiger charge is -2.07. The van der Waals surface area contributed by atoms with Gasteiger partial charge in [-0.2, -0.15) is 10.5 Å². The van der Waals surface area contributed by atoms with E-state index < -0.39 is 0 Å². The summed E-state index contributed by atoms with van der Waals surface area (Å²) in [4.78, 5) is 11.5. The zero-order valence-corrected chi connectivity index (χ0v) is 9.19. The van der Waals surface area contributed by atoms with Crippen LogP contribution in [0.25, 0.3) is 0 Å². The second kappa shape index (κ2) is 5.94. The molecule has 0 bridgehead atoms. The first-order chi connectivity index (χ1) is 8.22. The molecule has 84 valence electrons. The van der Waals surface area contributed by atoms with Crippen LogP contribution in [0.15, 0.2) is 36.0 Å². The van der Waals surface area contributed by atoms with Gasteiger partial charge in [-0.25, -0.2) is 0 Å². The molecule has 1 amide bonds. The van der Waals surface area contributed by atoms with Crippen LogP contribution in [0.5, 0.6) is 0 Å². The minimum absolute atomic E-state index is 0.0586. The van der Waals surface area contributed by atoms with Crippen LogP contribution in [0.4, 0.5) is 5.69 Å². The molecule has 17 heavy (non-hydrogen) atoms. The molecule has 0 aliphatic heterocycles. The molecule has 0 aliphatic carbocycles. The summed E-state index contributed by atoms with van der Waals surface area (Å²) in [6, 6.07) is 10.3. The van der Waals surface area contributed by atoms with Gasteiger partial charge in [0.25, 0.3) is 5.91 Å². The predicted octanol–water partition coefficient (Wildman–Crippen LogP) is 1.39. The molecular formula is C12H10N4O. The molecule has 0 heterocycles. The fraction of sp³-hybridized carbons (Fsp3) is 0.0833. The standard InChI is InChI=1S/C12H10N4O/c1-15-12(17)10-4-2-3-5-11(10)16-8-9(6-13)7-14/h2-5,8,16H,1H3,(H,15,17). The van der Waals surface area contributed by atoms with Gasteiger partial charge in [-0.1, -0.05) is 12.1 Å². The summed E-state index contributed by atoms with van der Waals surface area (Å²) in [5, 5.41) is 22.4. The third kappa shape index (κ3) is 3.08. The Kier molecular flexibility index (Phi) is 4.29. The quantitative estimate of drug-likeness (QED) is 0.762. The maximum Gasteiger partial charge on any atom is 0.253 e. The largest absolute Gasteiger partial charge is 0.359 e. The highest BCUT2D eigenvalue weighted by Crippen LogP contribution is 2.15. The van der Waals surface area contributed by atoms with Crippen LogP contribution >= 0.6 is 0 Å². The summed E-state index contributed by atoms with van der Waals surface area (Å²) in [7, 11) is 1.53. The number of nitrogens with zero attached hydrogens (tertiary/aromatic N) is 2. The Morgan fingerprint density at radius 1 is 1.29 bits per heavy atom. The molecule has 1 aromatic rings. The highest BCUT2D eigenvalue weighted by Gasteiger charge is 2.07. The Balaban J connectivity index is 3.01. The number of amides is 1. The number of carbonyl (C=O) groups is 1. The molecule has 0 spiro atoms. The van der Waals surface area contributed by atoms with Crippen molar-refractivity contribution < 1.29 is 4.79 Å². The van der Waals surface area contributed by atoms with E-state index in [1.54, 1.807) is 36.4 Å². The molecule has 0 radical (unpaired) electrons. The van der Waals surface area contributed by atoms with Crippen molar-refractivity contribution in [3.05, 3.63) is 41.6 Å². The molecular weight excluding hydrogens is 216 g/mol. The average molecular weight is 226 g/mol. The van der Waals surface area contributed by atoms with Crippen molar-refractivity contribution in [2.75, 3.05) is 12.4 Å². The van der Waals surface area contributed by atoms with E-state index in [9.17, 15) is 4.79 Å². The number of nitrogens with one attached hydrogen (secondary N) is 2. The summed E-state index contributed by atoms with van der Waals surface area (Å²) >= 11 is 0. The lowest BCUT2D eigenvalue weighted by molar-refractivity contribution is 0.0964. The lowest BCUT2D eigenvalue weighted by atomic mass is 10.1. The van der Waals surface area contributed by atoms with Crippen LogP contribution in [0.2, 0.25) is 0 Å². The van der Waals surface area contributed by atoms with Gasteiger partial charge in [0.1, 0.15) is 17.7 Å². The highest BCUT2D eigenvalue weighted by molar-refractivity contribution is 5.99. The number of para-hydroxylation sites is 1. The second-order valence-corrected chi connectivity index (χ2v) is 3.05. The fourth-order valence-corrected chi connectivity index (χ4v) is 1.18. The van der Waals surface area contributed by atoms with Crippen LogP contribution in [0.1, 0.15) is 10.4 Å². The number of hydrogen-bond acceptors (Lipinski definition) is 4. The number of rotatable bonds is 3. The van der Waals surface area contributed by atoms with Crippen LogP contribution in [-0.2, 0) is 0 Å². The van der Waals surface area contributed by atoms with Crippen molar-refractivity contribution in [3.8, 4) is 12.1 Å². The fourth-order valence-electron chi connectivity index (χ4n) is 1.18. The zero-order chi connectivity index (χ0) is 12.7. The van der Waals surface area contributed by atoms with Gasteiger partial charge in [0.2, 0.25) is 0 Å². The van der Waals surface area contributed by atoms with E-state index in [0.29, 0.717) is 11.3 Å². The first-order valence-corrected chi connectivity index (χ1v) is 4.81. The molecule has 0 unspecified atom stereocenters. The van der Waals surface area contributed by atoms with E-state index in [1.807, 2.05) is 0 Å². The van der Waals surface area contributed by atoms with Gasteiger partial charge >= 0.3 is 0 Å². The van der Waals surface area contributed by atoms with Crippen molar-refractivity contribution in [2.24, 2.45) is 0 Å². The van der Waals surface area contributed by atoms with Crippen molar-refractivity contribution >= 4 is 11.6 Å². The van der Waals surface area contributed by atoms with E-state index in [-0.39, 0.29) is 11.5 Å². The van der Waals surface area contributed by atoms with Crippen molar-refractivity contribution in [1.29, 1.82) is 10.5 Å². The average Bonchev–Trinajstić information content (AvgIpc) is 2.39. The number of benzene rings is 1. The normalized spacial score (nSPS) is 8.41. The summed E-state index contributed by atoms with van der Waals surface area (Å²) in [6.07, 6.45) is 1.27.